The average Bonchev–Trinajstić information content (AvgIpc) is 2.85. The zero-order valence-electron chi connectivity index (χ0n) is 26.7. The lowest BCUT2D eigenvalue weighted by Gasteiger charge is -2.69. The van der Waals surface area contributed by atoms with Gasteiger partial charge in [-0.1, -0.05) is 60.1 Å². The molecule has 0 saturated heterocycles. The molecule has 5 aliphatic carbocycles. The molecule has 6 nitrogen and oxygen atoms in total. The molecule has 0 aromatic heterocycles. The van der Waals surface area contributed by atoms with Gasteiger partial charge in [-0.2, -0.15) is 5.26 Å². The van der Waals surface area contributed by atoms with Crippen molar-refractivity contribution in [3.05, 3.63) is 23.3 Å². The Labute approximate surface area is 246 Å². The fraction of sp³-hybridized carbons (Fsp3) is 0.771. The number of hydrogen-bond donors (Lipinski definition) is 2. The summed E-state index contributed by atoms with van der Waals surface area (Å²) in [6, 6.07) is 2.18. The summed E-state index contributed by atoms with van der Waals surface area (Å²) in [6.07, 6.45) is 9.48. The lowest BCUT2D eigenvalue weighted by atomic mass is 9.34. The van der Waals surface area contributed by atoms with Crippen molar-refractivity contribution >= 4 is 17.5 Å². The Morgan fingerprint density at radius 3 is 2.29 bits per heavy atom. The van der Waals surface area contributed by atoms with E-state index in [-0.39, 0.29) is 63.6 Å². The fourth-order valence-corrected chi connectivity index (χ4v) is 10.5. The van der Waals surface area contributed by atoms with E-state index in [1.807, 2.05) is 26.0 Å². The molecule has 0 aromatic rings. The molecular formula is C35H50N2O4. The van der Waals surface area contributed by atoms with Crippen LogP contribution in [0.25, 0.3) is 0 Å². The second-order valence-electron chi connectivity index (χ2n) is 16.9. The zero-order valence-corrected chi connectivity index (χ0v) is 26.7. The van der Waals surface area contributed by atoms with Gasteiger partial charge in [0.1, 0.15) is 6.07 Å². The molecule has 0 bridgehead atoms. The number of allylic oxidation sites excluding steroid dienone is 4. The molecule has 0 heterocycles. The molecule has 41 heavy (non-hydrogen) atoms. The molecule has 7 atom stereocenters. The molecule has 1 amide bonds. The van der Waals surface area contributed by atoms with E-state index < -0.39 is 21.8 Å². The van der Waals surface area contributed by atoms with Crippen LogP contribution < -0.4 is 5.32 Å². The van der Waals surface area contributed by atoms with Gasteiger partial charge in [0, 0.05) is 23.3 Å². The molecule has 0 aromatic carbocycles. The van der Waals surface area contributed by atoms with Gasteiger partial charge in [0.05, 0.1) is 16.6 Å². The van der Waals surface area contributed by atoms with Crippen molar-refractivity contribution in [1.82, 2.24) is 5.32 Å². The molecule has 6 heteroatoms. The molecule has 5 rings (SSSR count). The van der Waals surface area contributed by atoms with Crippen LogP contribution in [0.5, 0.6) is 0 Å². The van der Waals surface area contributed by atoms with E-state index in [9.17, 15) is 24.8 Å². The first kappa shape index (κ1) is 30.2. The standard InChI is InChI=1S/C35H50N2O4/c1-29(2)12-14-35(28(40)37-20-30(3,4)41)15-13-34(9)26(22(35)18-29)23(38)16-25-32(7)17-21(19-36)27(39)31(5,6)24(32)10-11-33(25,34)8/h16-17,22,24,26,41H,10-15,18,20H2,1-9H3,(H,37,40)/t22?,24-,26?,32-,33?,34+,35-/m0/s1. The van der Waals surface area contributed by atoms with E-state index in [2.05, 4.69) is 46.0 Å². The summed E-state index contributed by atoms with van der Waals surface area (Å²) >= 11 is 0. The number of carbonyl (C=O) groups is 3. The minimum absolute atomic E-state index is 0.00999. The number of hydrogen-bond acceptors (Lipinski definition) is 5. The summed E-state index contributed by atoms with van der Waals surface area (Å²) < 4.78 is 0. The predicted octanol–water partition coefficient (Wildman–Crippen LogP) is 6.09. The normalized spacial score (nSPS) is 42.8. The summed E-state index contributed by atoms with van der Waals surface area (Å²) in [5, 5.41) is 23.4. The molecule has 0 aliphatic heterocycles. The maximum Gasteiger partial charge on any atom is 0.226 e. The first-order chi connectivity index (χ1) is 18.7. The van der Waals surface area contributed by atoms with Gasteiger partial charge in [-0.15, -0.1) is 0 Å². The molecule has 3 unspecified atom stereocenters. The molecule has 2 N–H and O–H groups in total. The van der Waals surface area contributed by atoms with Crippen LogP contribution in [-0.2, 0) is 14.4 Å². The van der Waals surface area contributed by atoms with E-state index in [1.165, 1.54) is 0 Å². The van der Waals surface area contributed by atoms with Crippen LogP contribution >= 0.6 is 0 Å². The van der Waals surface area contributed by atoms with Crippen LogP contribution in [0.3, 0.4) is 0 Å². The van der Waals surface area contributed by atoms with Gasteiger partial charge >= 0.3 is 0 Å². The summed E-state index contributed by atoms with van der Waals surface area (Å²) in [7, 11) is 0. The van der Waals surface area contributed by atoms with Gasteiger partial charge < -0.3 is 10.4 Å². The van der Waals surface area contributed by atoms with E-state index >= 15 is 0 Å². The Morgan fingerprint density at radius 1 is 1.05 bits per heavy atom. The fourth-order valence-electron chi connectivity index (χ4n) is 10.5. The maximum atomic E-state index is 14.6. The molecule has 0 spiro atoms. The minimum atomic E-state index is -1.01. The predicted molar refractivity (Wildman–Crippen MR) is 158 cm³/mol. The SMILES string of the molecule is CC(C)(O)CNC(=O)[C@]12CCC(C)(C)CC1C1C(=O)C=C3C(C)(CC[C@H]4C(C)(C)C(=O)C(C#N)=C[C@]34C)[C@]1(C)CC2. The van der Waals surface area contributed by atoms with Gasteiger partial charge in [0.15, 0.2) is 11.6 Å². The number of amides is 1. The van der Waals surface area contributed by atoms with Crippen molar-refractivity contribution in [2.75, 3.05) is 6.54 Å². The summed E-state index contributed by atoms with van der Waals surface area (Å²) in [4.78, 5) is 41.9. The van der Waals surface area contributed by atoms with Gasteiger partial charge in [0.25, 0.3) is 0 Å². The molecule has 0 radical (unpaired) electrons. The summed E-state index contributed by atoms with van der Waals surface area (Å²) in [5.41, 5.74) is -2.25. The van der Waals surface area contributed by atoms with Crippen LogP contribution in [0.15, 0.2) is 23.3 Å². The summed E-state index contributed by atoms with van der Waals surface area (Å²) in [6.45, 7) is 18.8. The third-order valence-corrected chi connectivity index (χ3v) is 13.0. The Balaban J connectivity index is 1.65. The van der Waals surface area contributed by atoms with Crippen molar-refractivity contribution in [3.8, 4) is 6.07 Å². The number of nitrogens with zero attached hydrogens (tertiary/aromatic N) is 1. The number of rotatable bonds is 3. The van der Waals surface area contributed by atoms with Crippen molar-refractivity contribution in [3.63, 3.8) is 0 Å². The lowest BCUT2D eigenvalue weighted by Crippen LogP contribution is -2.66. The topological polar surface area (TPSA) is 107 Å². The number of aliphatic hydroxyl groups is 1. The molecule has 3 fully saturated rings. The largest absolute Gasteiger partial charge is 0.389 e. The number of fused-ring (bicyclic) bond motifs is 7. The molecular weight excluding hydrogens is 512 g/mol. The van der Waals surface area contributed by atoms with Crippen LogP contribution in [0.2, 0.25) is 0 Å². The number of ketones is 2. The van der Waals surface area contributed by atoms with E-state index in [1.54, 1.807) is 13.8 Å². The molecule has 224 valence electrons. The van der Waals surface area contributed by atoms with Crippen LogP contribution in [-0.4, -0.2) is 34.7 Å². The van der Waals surface area contributed by atoms with Crippen molar-refractivity contribution in [2.24, 2.45) is 50.2 Å². The Hall–Kier alpha value is -2.26. The van der Waals surface area contributed by atoms with Crippen LogP contribution in [0, 0.1) is 61.6 Å². The highest BCUT2D eigenvalue weighted by molar-refractivity contribution is 6.04. The van der Waals surface area contributed by atoms with Gasteiger partial charge in [0.2, 0.25) is 5.91 Å². The van der Waals surface area contributed by atoms with Crippen molar-refractivity contribution in [2.45, 2.75) is 113 Å². The van der Waals surface area contributed by atoms with Gasteiger partial charge in [-0.25, -0.2) is 0 Å². The van der Waals surface area contributed by atoms with Gasteiger partial charge in [-0.3, -0.25) is 14.4 Å². The van der Waals surface area contributed by atoms with Crippen LogP contribution in [0.1, 0.15) is 107 Å². The average molecular weight is 563 g/mol. The molecule has 3 saturated carbocycles. The monoisotopic (exact) mass is 562 g/mol. The van der Waals surface area contributed by atoms with Crippen molar-refractivity contribution in [1.29, 1.82) is 5.26 Å². The number of nitrogens with one attached hydrogen (secondary N) is 1. The van der Waals surface area contributed by atoms with Gasteiger partial charge in [-0.05, 0) is 93.0 Å². The van der Waals surface area contributed by atoms with Crippen LogP contribution in [0.4, 0.5) is 0 Å². The van der Waals surface area contributed by atoms with E-state index in [0.29, 0.717) is 0 Å². The Morgan fingerprint density at radius 2 is 1.68 bits per heavy atom. The molecule has 5 aliphatic rings. The third-order valence-electron chi connectivity index (χ3n) is 13.0. The highest BCUT2D eigenvalue weighted by atomic mass is 16.3. The second kappa shape index (κ2) is 8.88. The highest BCUT2D eigenvalue weighted by Gasteiger charge is 2.70. The third kappa shape index (κ3) is 4.08. The first-order valence-corrected chi connectivity index (χ1v) is 15.6. The summed E-state index contributed by atoms with van der Waals surface area (Å²) in [5.74, 6) is -0.368. The quantitative estimate of drug-likeness (QED) is 0.433. The number of Topliss-reactive ketones (excluding diaryl/α,β-unsaturated/α-hetero) is 1. The Kier molecular flexibility index (Phi) is 6.54. The van der Waals surface area contributed by atoms with Crippen molar-refractivity contribution < 1.29 is 19.5 Å². The second-order valence-corrected chi connectivity index (χ2v) is 16.9. The first-order valence-electron chi connectivity index (χ1n) is 15.6. The smallest absolute Gasteiger partial charge is 0.226 e. The highest BCUT2D eigenvalue weighted by Crippen LogP contribution is 2.74. The van der Waals surface area contributed by atoms with E-state index in [0.717, 1.165) is 50.5 Å². The van der Waals surface area contributed by atoms with E-state index in [4.69, 9.17) is 0 Å². The number of carbonyl (C=O) groups excluding carboxylic acids is 3. The lowest BCUT2D eigenvalue weighted by molar-refractivity contribution is -0.178. The number of nitriles is 1. The zero-order chi connectivity index (χ0) is 30.6. The minimum Gasteiger partial charge on any atom is -0.389 e. The Bertz CT molecular complexity index is 1310. The maximum absolute atomic E-state index is 14.6.